The second kappa shape index (κ2) is 7.16. The molecule has 0 aliphatic heterocycles. The Morgan fingerprint density at radius 1 is 0.966 bits per heavy atom. The zero-order valence-electron chi connectivity index (χ0n) is 16.7. The van der Waals surface area contributed by atoms with E-state index in [-0.39, 0.29) is 33.7 Å². The van der Waals surface area contributed by atoms with Gasteiger partial charge in [-0.1, -0.05) is 24.3 Å². The van der Waals surface area contributed by atoms with E-state index in [0.29, 0.717) is 5.56 Å². The number of carbonyl (C=O) groups excluding carboxylic acids is 4. The molecular weight excluding hydrogens is 372 g/mol. The number of nitrogens with one attached hydrogen (secondary N) is 1. The zero-order valence-corrected chi connectivity index (χ0v) is 16.7. The highest BCUT2D eigenvalue weighted by Crippen LogP contribution is 2.33. The van der Waals surface area contributed by atoms with Crippen LogP contribution in [0.2, 0.25) is 0 Å². The van der Waals surface area contributed by atoms with Crippen LogP contribution in [-0.4, -0.2) is 35.1 Å². The first-order valence-electron chi connectivity index (χ1n) is 9.15. The van der Waals surface area contributed by atoms with Crippen LogP contribution in [0.15, 0.2) is 36.4 Å². The number of ether oxygens (including phenoxy) is 1. The molecule has 0 bridgehead atoms. The van der Waals surface area contributed by atoms with Crippen LogP contribution in [0, 0.1) is 0 Å². The van der Waals surface area contributed by atoms with Crippen LogP contribution in [0.5, 0.6) is 0 Å². The van der Waals surface area contributed by atoms with Crippen molar-refractivity contribution in [3.05, 3.63) is 64.2 Å². The molecule has 2 aromatic carbocycles. The molecule has 3 rings (SSSR count). The summed E-state index contributed by atoms with van der Waals surface area (Å²) < 4.78 is 5.22. The minimum absolute atomic E-state index is 0.0186. The highest BCUT2D eigenvalue weighted by atomic mass is 16.5. The number of nitrogens with two attached hydrogens (primary N) is 1. The minimum Gasteiger partial charge on any atom is -0.449 e. The lowest BCUT2D eigenvalue weighted by Gasteiger charge is -2.24. The molecule has 1 aliphatic rings. The molecule has 0 heterocycles. The highest BCUT2D eigenvalue weighted by Gasteiger charge is 2.33. The second-order valence-corrected chi connectivity index (χ2v) is 7.94. The predicted molar refractivity (Wildman–Crippen MR) is 107 cm³/mol. The van der Waals surface area contributed by atoms with Gasteiger partial charge in [-0.3, -0.25) is 14.4 Å². The molecule has 0 radical (unpaired) electrons. The van der Waals surface area contributed by atoms with Crippen LogP contribution >= 0.6 is 0 Å². The van der Waals surface area contributed by atoms with Gasteiger partial charge in [-0.25, -0.2) is 4.79 Å². The molecule has 7 nitrogen and oxygen atoms in total. The summed E-state index contributed by atoms with van der Waals surface area (Å²) in [5, 5.41) is 2.72. The fourth-order valence-corrected chi connectivity index (χ4v) is 3.14. The van der Waals surface area contributed by atoms with Gasteiger partial charge in [0.25, 0.3) is 5.91 Å². The number of hydrogen-bond donors (Lipinski definition) is 2. The first kappa shape index (κ1) is 20.3. The zero-order chi connectivity index (χ0) is 21.5. The Morgan fingerprint density at radius 2 is 1.55 bits per heavy atom. The number of carbonyl (C=O) groups is 4. The normalized spacial score (nSPS) is 13.9. The molecular formula is C22H22N2O5. The summed E-state index contributed by atoms with van der Waals surface area (Å²) in [5.41, 5.74) is 6.06. The molecule has 0 spiro atoms. The quantitative estimate of drug-likeness (QED) is 0.521. The van der Waals surface area contributed by atoms with E-state index in [1.165, 1.54) is 19.1 Å². The first-order chi connectivity index (χ1) is 13.5. The van der Waals surface area contributed by atoms with Crippen LogP contribution < -0.4 is 11.1 Å². The van der Waals surface area contributed by atoms with Crippen LogP contribution in [0.4, 0.5) is 5.69 Å². The van der Waals surface area contributed by atoms with E-state index in [9.17, 15) is 19.2 Å². The summed E-state index contributed by atoms with van der Waals surface area (Å²) in [6.45, 7) is 6.86. The summed E-state index contributed by atoms with van der Waals surface area (Å²) in [4.78, 5) is 50.3. The van der Waals surface area contributed by atoms with E-state index in [0.717, 1.165) is 0 Å². The van der Waals surface area contributed by atoms with Crippen molar-refractivity contribution in [2.45, 2.75) is 39.3 Å². The van der Waals surface area contributed by atoms with Crippen molar-refractivity contribution in [3.63, 3.8) is 0 Å². The smallest absolute Gasteiger partial charge is 0.341 e. The van der Waals surface area contributed by atoms with Crippen molar-refractivity contribution < 1.29 is 23.9 Å². The van der Waals surface area contributed by atoms with Gasteiger partial charge in [0, 0.05) is 22.2 Å². The number of benzene rings is 2. The van der Waals surface area contributed by atoms with Crippen molar-refractivity contribution >= 4 is 29.1 Å². The Labute approximate surface area is 168 Å². The van der Waals surface area contributed by atoms with Crippen molar-refractivity contribution in [1.29, 1.82) is 0 Å². The molecule has 0 aromatic heterocycles. The molecule has 1 amide bonds. The van der Waals surface area contributed by atoms with Gasteiger partial charge in [0.2, 0.25) is 0 Å². The molecule has 0 saturated heterocycles. The van der Waals surface area contributed by atoms with Gasteiger partial charge < -0.3 is 15.8 Å². The average Bonchev–Trinajstić information content (AvgIpc) is 2.64. The Kier molecular flexibility index (Phi) is 5.00. The van der Waals surface area contributed by atoms with E-state index in [2.05, 4.69) is 5.32 Å². The Bertz CT molecular complexity index is 1050. The summed E-state index contributed by atoms with van der Waals surface area (Å²) in [6.07, 6.45) is -1.06. The fraction of sp³-hybridized carbons (Fsp3) is 0.273. The first-order valence-corrected chi connectivity index (χ1v) is 9.15. The third-order valence-corrected chi connectivity index (χ3v) is 4.50. The van der Waals surface area contributed by atoms with E-state index in [4.69, 9.17) is 10.5 Å². The Hall–Kier alpha value is -3.48. The lowest BCUT2D eigenvalue weighted by Crippen LogP contribution is -2.46. The van der Waals surface area contributed by atoms with Crippen LogP contribution in [0.3, 0.4) is 0 Å². The second-order valence-electron chi connectivity index (χ2n) is 7.94. The molecule has 0 fully saturated rings. The minimum atomic E-state index is -1.06. The maximum atomic E-state index is 12.9. The lowest BCUT2D eigenvalue weighted by atomic mass is 9.82. The van der Waals surface area contributed by atoms with Crippen LogP contribution in [0.25, 0.3) is 0 Å². The molecule has 3 N–H and O–H groups in total. The van der Waals surface area contributed by atoms with Crippen molar-refractivity contribution in [2.24, 2.45) is 0 Å². The molecule has 0 saturated carbocycles. The van der Waals surface area contributed by atoms with Crippen molar-refractivity contribution in [2.75, 3.05) is 5.73 Å². The van der Waals surface area contributed by atoms with Gasteiger partial charge in [-0.2, -0.15) is 0 Å². The Morgan fingerprint density at radius 3 is 2.14 bits per heavy atom. The monoisotopic (exact) mass is 394 g/mol. The largest absolute Gasteiger partial charge is 0.449 e. The maximum Gasteiger partial charge on any atom is 0.341 e. The topological polar surface area (TPSA) is 116 Å². The number of amides is 1. The highest BCUT2D eigenvalue weighted by molar-refractivity contribution is 6.30. The summed E-state index contributed by atoms with van der Waals surface area (Å²) in [6, 6.07) is 9.17. The SMILES string of the molecule is CC(OC(=O)c1ccc2c(c1N)C(=O)c1ccccc1C2=O)C(=O)NC(C)(C)C. The summed E-state index contributed by atoms with van der Waals surface area (Å²) in [5.74, 6) is -2.07. The number of anilines is 1. The van der Waals surface area contributed by atoms with Gasteiger partial charge in [-0.05, 0) is 39.8 Å². The molecule has 1 atom stereocenters. The third kappa shape index (κ3) is 3.76. The van der Waals surface area contributed by atoms with E-state index in [1.807, 2.05) is 0 Å². The predicted octanol–water partition coefficient (Wildman–Crippen LogP) is 2.50. The Balaban J connectivity index is 1.92. The number of hydrogen-bond acceptors (Lipinski definition) is 6. The van der Waals surface area contributed by atoms with Gasteiger partial charge in [0.15, 0.2) is 17.7 Å². The standard InChI is InChI=1S/C22H22N2O5/c1-11(20(27)24-22(2,3)4)29-21(28)15-10-9-14-16(17(15)23)19(26)13-8-6-5-7-12(13)18(14)25/h5-11H,23H2,1-4H3,(H,24,27). The molecule has 1 unspecified atom stereocenters. The van der Waals surface area contributed by atoms with Crippen LogP contribution in [-0.2, 0) is 9.53 Å². The number of ketones is 2. The number of fused-ring (bicyclic) bond motifs is 2. The molecule has 150 valence electrons. The molecule has 1 aliphatic carbocycles. The molecule has 29 heavy (non-hydrogen) atoms. The van der Waals surface area contributed by atoms with Gasteiger partial charge in [0.1, 0.15) is 0 Å². The van der Waals surface area contributed by atoms with Gasteiger partial charge in [0.05, 0.1) is 16.8 Å². The molecule has 2 aromatic rings. The van der Waals surface area contributed by atoms with E-state index < -0.39 is 29.3 Å². The maximum absolute atomic E-state index is 12.9. The third-order valence-electron chi connectivity index (χ3n) is 4.50. The van der Waals surface area contributed by atoms with Gasteiger partial charge in [-0.15, -0.1) is 0 Å². The van der Waals surface area contributed by atoms with Gasteiger partial charge >= 0.3 is 5.97 Å². The number of rotatable bonds is 3. The van der Waals surface area contributed by atoms with Crippen molar-refractivity contribution in [3.8, 4) is 0 Å². The lowest BCUT2D eigenvalue weighted by molar-refractivity contribution is -0.130. The molecule has 7 heteroatoms. The van der Waals surface area contributed by atoms with E-state index in [1.54, 1.807) is 45.0 Å². The number of nitrogen functional groups attached to an aromatic ring is 1. The van der Waals surface area contributed by atoms with E-state index >= 15 is 0 Å². The number of esters is 1. The summed E-state index contributed by atoms with van der Waals surface area (Å²) in [7, 11) is 0. The summed E-state index contributed by atoms with van der Waals surface area (Å²) >= 11 is 0. The van der Waals surface area contributed by atoms with Crippen LogP contribution in [0.1, 0.15) is 69.9 Å². The average molecular weight is 394 g/mol. The van der Waals surface area contributed by atoms with Crippen molar-refractivity contribution in [1.82, 2.24) is 5.32 Å². The fourth-order valence-electron chi connectivity index (χ4n) is 3.14.